The SMILES string of the molecule is CC1CCCN(c2ccccc2N)C1.Cl. The first-order chi connectivity index (χ1) is 6.77. The number of nitrogen functional groups attached to an aromatic ring is 1. The van der Waals surface area contributed by atoms with Gasteiger partial charge in [0.2, 0.25) is 0 Å². The van der Waals surface area contributed by atoms with E-state index in [1.54, 1.807) is 0 Å². The molecule has 0 amide bonds. The van der Waals surface area contributed by atoms with Crippen LogP contribution in [-0.4, -0.2) is 13.1 Å². The quantitative estimate of drug-likeness (QED) is 0.747. The Bertz CT molecular complexity index is 314. The van der Waals surface area contributed by atoms with Crippen LogP contribution in [0.25, 0.3) is 0 Å². The zero-order chi connectivity index (χ0) is 9.97. The molecule has 1 fully saturated rings. The summed E-state index contributed by atoms with van der Waals surface area (Å²) in [7, 11) is 0. The van der Waals surface area contributed by atoms with Crippen LogP contribution in [0.5, 0.6) is 0 Å². The van der Waals surface area contributed by atoms with E-state index in [1.165, 1.54) is 18.5 Å². The molecule has 1 unspecified atom stereocenters. The van der Waals surface area contributed by atoms with E-state index in [1.807, 2.05) is 12.1 Å². The van der Waals surface area contributed by atoms with Crippen molar-refractivity contribution in [3.8, 4) is 0 Å². The fraction of sp³-hybridized carbons (Fsp3) is 0.500. The van der Waals surface area contributed by atoms with Crippen molar-refractivity contribution in [2.24, 2.45) is 5.92 Å². The first-order valence-corrected chi connectivity index (χ1v) is 5.37. The number of hydrogen-bond donors (Lipinski definition) is 1. The summed E-state index contributed by atoms with van der Waals surface area (Å²) >= 11 is 0. The van der Waals surface area contributed by atoms with Gasteiger partial charge in [-0.05, 0) is 30.9 Å². The van der Waals surface area contributed by atoms with Crippen molar-refractivity contribution in [1.29, 1.82) is 0 Å². The zero-order valence-corrected chi connectivity index (χ0v) is 9.96. The lowest BCUT2D eigenvalue weighted by Crippen LogP contribution is -2.34. The molecule has 0 saturated carbocycles. The van der Waals surface area contributed by atoms with E-state index in [4.69, 9.17) is 5.73 Å². The highest BCUT2D eigenvalue weighted by molar-refractivity contribution is 5.85. The van der Waals surface area contributed by atoms with Crippen LogP contribution in [0.15, 0.2) is 24.3 Å². The van der Waals surface area contributed by atoms with Crippen LogP contribution in [0.1, 0.15) is 19.8 Å². The van der Waals surface area contributed by atoms with Gasteiger partial charge in [-0.3, -0.25) is 0 Å². The van der Waals surface area contributed by atoms with Gasteiger partial charge in [0.25, 0.3) is 0 Å². The van der Waals surface area contributed by atoms with Crippen LogP contribution in [-0.2, 0) is 0 Å². The summed E-state index contributed by atoms with van der Waals surface area (Å²) < 4.78 is 0. The van der Waals surface area contributed by atoms with Gasteiger partial charge in [-0.15, -0.1) is 12.4 Å². The van der Waals surface area contributed by atoms with Crippen molar-refractivity contribution in [3.63, 3.8) is 0 Å². The zero-order valence-electron chi connectivity index (χ0n) is 9.15. The van der Waals surface area contributed by atoms with Crippen LogP contribution < -0.4 is 10.6 Å². The molecular formula is C12H19ClN2. The Hall–Kier alpha value is -0.890. The van der Waals surface area contributed by atoms with Crippen molar-refractivity contribution in [1.82, 2.24) is 0 Å². The molecule has 1 aliphatic rings. The third-order valence-electron chi connectivity index (χ3n) is 2.93. The van der Waals surface area contributed by atoms with Crippen molar-refractivity contribution >= 4 is 23.8 Å². The van der Waals surface area contributed by atoms with E-state index in [-0.39, 0.29) is 12.4 Å². The van der Waals surface area contributed by atoms with E-state index in [2.05, 4.69) is 24.0 Å². The van der Waals surface area contributed by atoms with E-state index in [9.17, 15) is 0 Å². The molecule has 1 heterocycles. The number of nitrogens with two attached hydrogens (primary N) is 1. The van der Waals surface area contributed by atoms with Crippen molar-refractivity contribution in [3.05, 3.63) is 24.3 Å². The smallest absolute Gasteiger partial charge is 0.0600 e. The Morgan fingerprint density at radius 1 is 1.33 bits per heavy atom. The maximum atomic E-state index is 5.96. The summed E-state index contributed by atoms with van der Waals surface area (Å²) in [6, 6.07) is 8.15. The van der Waals surface area contributed by atoms with Gasteiger partial charge in [0.1, 0.15) is 0 Å². The predicted octanol–water partition coefficient (Wildman–Crippen LogP) is 2.93. The molecule has 15 heavy (non-hydrogen) atoms. The molecule has 1 aromatic carbocycles. The third-order valence-corrected chi connectivity index (χ3v) is 2.93. The lowest BCUT2D eigenvalue weighted by Gasteiger charge is -2.33. The largest absolute Gasteiger partial charge is 0.397 e. The lowest BCUT2D eigenvalue weighted by molar-refractivity contribution is 0.447. The van der Waals surface area contributed by atoms with Crippen molar-refractivity contribution in [2.75, 3.05) is 23.7 Å². The second-order valence-corrected chi connectivity index (χ2v) is 4.25. The van der Waals surface area contributed by atoms with Crippen LogP contribution in [0.3, 0.4) is 0 Å². The predicted molar refractivity (Wildman–Crippen MR) is 68.7 cm³/mol. The van der Waals surface area contributed by atoms with Gasteiger partial charge in [0.15, 0.2) is 0 Å². The fourth-order valence-electron chi connectivity index (χ4n) is 2.18. The molecule has 2 nitrogen and oxygen atoms in total. The van der Waals surface area contributed by atoms with Crippen LogP contribution in [0.2, 0.25) is 0 Å². The minimum atomic E-state index is 0. The molecule has 1 atom stereocenters. The number of nitrogens with zero attached hydrogens (tertiary/aromatic N) is 1. The molecule has 0 spiro atoms. The van der Waals surface area contributed by atoms with Crippen molar-refractivity contribution < 1.29 is 0 Å². The Kier molecular flexibility index (Phi) is 4.28. The van der Waals surface area contributed by atoms with Gasteiger partial charge >= 0.3 is 0 Å². The third kappa shape index (κ3) is 2.78. The summed E-state index contributed by atoms with van der Waals surface area (Å²) in [5, 5.41) is 0. The normalized spacial score (nSPS) is 20.9. The van der Waals surface area contributed by atoms with Gasteiger partial charge in [-0.25, -0.2) is 0 Å². The van der Waals surface area contributed by atoms with E-state index in [0.717, 1.165) is 24.7 Å². The lowest BCUT2D eigenvalue weighted by atomic mass is 9.99. The Morgan fingerprint density at radius 2 is 2.07 bits per heavy atom. The molecule has 1 aromatic rings. The number of halogens is 1. The average Bonchev–Trinajstić information content (AvgIpc) is 2.18. The molecule has 0 bridgehead atoms. The molecule has 84 valence electrons. The highest BCUT2D eigenvalue weighted by Crippen LogP contribution is 2.27. The van der Waals surface area contributed by atoms with E-state index < -0.39 is 0 Å². The molecular weight excluding hydrogens is 208 g/mol. The Morgan fingerprint density at radius 3 is 2.73 bits per heavy atom. The molecule has 0 aromatic heterocycles. The Labute approximate surface area is 97.9 Å². The van der Waals surface area contributed by atoms with E-state index >= 15 is 0 Å². The van der Waals surface area contributed by atoms with Crippen LogP contribution >= 0.6 is 12.4 Å². The highest BCUT2D eigenvalue weighted by Gasteiger charge is 2.17. The van der Waals surface area contributed by atoms with Gasteiger partial charge in [-0.1, -0.05) is 19.1 Å². The monoisotopic (exact) mass is 226 g/mol. The molecule has 0 aliphatic carbocycles. The summed E-state index contributed by atoms with van der Waals surface area (Å²) in [4.78, 5) is 2.41. The summed E-state index contributed by atoms with van der Waals surface area (Å²) in [6.07, 6.45) is 2.64. The minimum Gasteiger partial charge on any atom is -0.397 e. The second-order valence-electron chi connectivity index (χ2n) is 4.25. The van der Waals surface area contributed by atoms with Gasteiger partial charge in [-0.2, -0.15) is 0 Å². The fourth-order valence-corrected chi connectivity index (χ4v) is 2.18. The van der Waals surface area contributed by atoms with Gasteiger partial charge < -0.3 is 10.6 Å². The number of para-hydroxylation sites is 2. The molecule has 1 aliphatic heterocycles. The molecule has 2 rings (SSSR count). The Balaban J connectivity index is 0.00000112. The highest BCUT2D eigenvalue weighted by atomic mass is 35.5. The number of piperidine rings is 1. The summed E-state index contributed by atoms with van der Waals surface area (Å²) in [5.41, 5.74) is 8.07. The number of anilines is 2. The molecule has 3 heteroatoms. The maximum Gasteiger partial charge on any atom is 0.0600 e. The van der Waals surface area contributed by atoms with Crippen LogP contribution in [0, 0.1) is 5.92 Å². The summed E-state index contributed by atoms with van der Waals surface area (Å²) in [5.74, 6) is 0.795. The first kappa shape index (κ1) is 12.2. The number of benzene rings is 1. The van der Waals surface area contributed by atoms with E-state index in [0.29, 0.717) is 0 Å². The number of rotatable bonds is 1. The molecule has 2 N–H and O–H groups in total. The van der Waals surface area contributed by atoms with Gasteiger partial charge in [0.05, 0.1) is 11.4 Å². The molecule has 0 radical (unpaired) electrons. The molecule has 1 saturated heterocycles. The second kappa shape index (κ2) is 5.26. The topological polar surface area (TPSA) is 29.3 Å². The van der Waals surface area contributed by atoms with Crippen molar-refractivity contribution in [2.45, 2.75) is 19.8 Å². The average molecular weight is 227 g/mol. The maximum absolute atomic E-state index is 5.96. The summed E-state index contributed by atoms with van der Waals surface area (Å²) in [6.45, 7) is 4.61. The number of hydrogen-bond acceptors (Lipinski definition) is 2. The minimum absolute atomic E-state index is 0. The first-order valence-electron chi connectivity index (χ1n) is 5.37. The van der Waals surface area contributed by atoms with Gasteiger partial charge in [0, 0.05) is 13.1 Å². The van der Waals surface area contributed by atoms with Crippen LogP contribution in [0.4, 0.5) is 11.4 Å². The standard InChI is InChI=1S/C12H18N2.ClH/c1-10-5-4-8-14(9-10)12-7-3-2-6-11(12)13;/h2-3,6-7,10H,4-5,8-9,13H2,1H3;1H.